The van der Waals surface area contributed by atoms with Crippen molar-refractivity contribution in [3.63, 3.8) is 0 Å². The maximum absolute atomic E-state index is 13.4. The van der Waals surface area contributed by atoms with E-state index in [0.29, 0.717) is 18.5 Å². The normalized spacial score (nSPS) is 14.8. The number of halogens is 4. The van der Waals surface area contributed by atoms with Crippen LogP contribution in [0.25, 0.3) is 0 Å². The third-order valence-corrected chi connectivity index (χ3v) is 6.13. The van der Waals surface area contributed by atoms with E-state index in [1.807, 2.05) is 0 Å². The fourth-order valence-corrected chi connectivity index (χ4v) is 3.96. The smallest absolute Gasteiger partial charge is 0.321 e. The maximum atomic E-state index is 13.4. The van der Waals surface area contributed by atoms with Gasteiger partial charge in [0.1, 0.15) is 11.7 Å². The summed E-state index contributed by atoms with van der Waals surface area (Å²) in [4.78, 5) is 25.9. The predicted molar refractivity (Wildman–Crippen MR) is 117 cm³/mol. The molecule has 1 atom stereocenters. The molecule has 1 aliphatic carbocycles. The van der Waals surface area contributed by atoms with E-state index in [0.717, 1.165) is 10.4 Å². The van der Waals surface area contributed by atoms with Gasteiger partial charge in [-0.05, 0) is 26.7 Å². The zero-order chi connectivity index (χ0) is 24.9. The number of nitrogens with zero attached hydrogens (tertiary/aromatic N) is 6. The molecule has 3 aromatic rings. The van der Waals surface area contributed by atoms with Gasteiger partial charge in [-0.3, -0.25) is 23.6 Å². The lowest BCUT2D eigenvalue weighted by atomic mass is 10.2. The fourth-order valence-electron chi connectivity index (χ4n) is 3.58. The summed E-state index contributed by atoms with van der Waals surface area (Å²) in [5.74, 6) is -1.40. The van der Waals surface area contributed by atoms with Crippen molar-refractivity contribution in [1.82, 2.24) is 29.3 Å². The number of aromatic nitrogens is 6. The molecule has 1 saturated carbocycles. The van der Waals surface area contributed by atoms with Crippen LogP contribution in [0.5, 0.6) is 0 Å². The van der Waals surface area contributed by atoms with E-state index >= 15 is 0 Å². The average Bonchev–Trinajstić information content (AvgIpc) is 3.34. The van der Waals surface area contributed by atoms with Crippen LogP contribution in [0, 0.1) is 6.92 Å². The molecule has 1 unspecified atom stereocenters. The number of nitrogens with one attached hydrogen (secondary N) is 2. The summed E-state index contributed by atoms with van der Waals surface area (Å²) in [6, 6.07) is -1.12. The summed E-state index contributed by atoms with van der Waals surface area (Å²) in [6.07, 6.45) is -0.644. The number of rotatable bonds is 6. The Labute approximate surface area is 197 Å². The van der Waals surface area contributed by atoms with Gasteiger partial charge in [0.05, 0.1) is 40.2 Å². The first kappa shape index (κ1) is 23.8. The van der Waals surface area contributed by atoms with Gasteiger partial charge in [0, 0.05) is 20.0 Å². The van der Waals surface area contributed by atoms with Crippen molar-refractivity contribution in [3.05, 3.63) is 40.2 Å². The highest BCUT2D eigenvalue weighted by Crippen LogP contribution is 2.47. The van der Waals surface area contributed by atoms with Crippen molar-refractivity contribution >= 4 is 34.8 Å². The standard InChI is InChI=1S/C20H22ClF3N8O2/c1-9-12(7-25-30(9)3)27-19(34)16-13(8-26-31(16)4)28-18(33)10(2)32-15(11-5-6-11)14(21)17(29-32)20(22,23)24/h7-8,10-11H,5-6H2,1-4H3,(H,27,34)(H,28,33). The first-order chi connectivity index (χ1) is 15.9. The Morgan fingerprint density at radius 1 is 1.12 bits per heavy atom. The topological polar surface area (TPSA) is 112 Å². The highest BCUT2D eigenvalue weighted by atomic mass is 35.5. The zero-order valence-corrected chi connectivity index (χ0v) is 19.5. The van der Waals surface area contributed by atoms with Crippen LogP contribution >= 0.6 is 11.6 Å². The van der Waals surface area contributed by atoms with Gasteiger partial charge in [0.2, 0.25) is 5.91 Å². The number of carbonyl (C=O) groups is 2. The monoisotopic (exact) mass is 498 g/mol. The quantitative estimate of drug-likeness (QED) is 0.538. The molecule has 182 valence electrons. The van der Waals surface area contributed by atoms with E-state index in [-0.39, 0.29) is 23.0 Å². The number of hydrogen-bond acceptors (Lipinski definition) is 5. The molecule has 14 heteroatoms. The van der Waals surface area contributed by atoms with Crippen molar-refractivity contribution in [1.29, 1.82) is 0 Å². The Bertz CT molecular complexity index is 1270. The Balaban J connectivity index is 1.59. The highest BCUT2D eigenvalue weighted by molar-refractivity contribution is 6.32. The summed E-state index contributed by atoms with van der Waals surface area (Å²) in [7, 11) is 3.25. The highest BCUT2D eigenvalue weighted by Gasteiger charge is 2.43. The molecule has 0 radical (unpaired) electrons. The van der Waals surface area contributed by atoms with Crippen LogP contribution < -0.4 is 10.6 Å². The Hall–Kier alpha value is -3.35. The Kier molecular flexibility index (Phi) is 5.92. The lowest BCUT2D eigenvalue weighted by molar-refractivity contribution is -0.141. The molecule has 10 nitrogen and oxygen atoms in total. The molecular formula is C20H22ClF3N8O2. The molecule has 2 amide bonds. The van der Waals surface area contributed by atoms with Crippen LogP contribution in [0.4, 0.5) is 24.5 Å². The molecule has 4 rings (SSSR count). The molecule has 0 bridgehead atoms. The van der Waals surface area contributed by atoms with E-state index in [4.69, 9.17) is 11.6 Å². The van der Waals surface area contributed by atoms with Gasteiger partial charge in [-0.15, -0.1) is 0 Å². The molecule has 1 fully saturated rings. The number of anilines is 2. The molecule has 0 saturated heterocycles. The van der Waals surface area contributed by atoms with Crippen molar-refractivity contribution < 1.29 is 22.8 Å². The van der Waals surface area contributed by atoms with Crippen LogP contribution in [0.15, 0.2) is 12.4 Å². The molecule has 2 N–H and O–H groups in total. The second-order valence-electron chi connectivity index (χ2n) is 8.18. The third-order valence-electron chi connectivity index (χ3n) is 5.76. The lowest BCUT2D eigenvalue weighted by Crippen LogP contribution is -2.27. The number of amides is 2. The van der Waals surface area contributed by atoms with Crippen molar-refractivity contribution in [2.45, 2.75) is 44.8 Å². The summed E-state index contributed by atoms with van der Waals surface area (Å²) in [5.41, 5.74) is 0.329. The molecule has 0 aliphatic heterocycles. The fraction of sp³-hybridized carbons (Fsp3) is 0.450. The molecule has 0 spiro atoms. The minimum atomic E-state index is -4.75. The zero-order valence-electron chi connectivity index (χ0n) is 18.7. The van der Waals surface area contributed by atoms with Gasteiger partial charge >= 0.3 is 6.18 Å². The largest absolute Gasteiger partial charge is 0.436 e. The van der Waals surface area contributed by atoms with Gasteiger partial charge in [0.25, 0.3) is 5.91 Å². The number of aryl methyl sites for hydroxylation is 2. The SMILES string of the molecule is Cc1c(NC(=O)c2c(NC(=O)C(C)n3nc(C(F)(F)F)c(Cl)c3C3CC3)cnn2C)cnn1C. The lowest BCUT2D eigenvalue weighted by Gasteiger charge is -2.16. The van der Waals surface area contributed by atoms with Gasteiger partial charge in [-0.1, -0.05) is 11.6 Å². The van der Waals surface area contributed by atoms with Crippen LogP contribution in [-0.2, 0) is 25.1 Å². The summed E-state index contributed by atoms with van der Waals surface area (Å²) < 4.78 is 44.0. The van der Waals surface area contributed by atoms with E-state index in [1.165, 1.54) is 31.0 Å². The molecular weight excluding hydrogens is 477 g/mol. The Morgan fingerprint density at radius 3 is 2.29 bits per heavy atom. The van der Waals surface area contributed by atoms with Gasteiger partial charge < -0.3 is 10.6 Å². The van der Waals surface area contributed by atoms with Gasteiger partial charge in [0.15, 0.2) is 5.69 Å². The van der Waals surface area contributed by atoms with Crippen molar-refractivity contribution in [2.24, 2.45) is 14.1 Å². The third kappa shape index (κ3) is 4.27. The molecule has 34 heavy (non-hydrogen) atoms. The van der Waals surface area contributed by atoms with E-state index in [9.17, 15) is 22.8 Å². The first-order valence-electron chi connectivity index (χ1n) is 10.4. The summed E-state index contributed by atoms with van der Waals surface area (Å²) in [6.45, 7) is 3.19. The predicted octanol–water partition coefficient (Wildman–Crippen LogP) is 3.66. The second-order valence-corrected chi connectivity index (χ2v) is 8.56. The van der Waals surface area contributed by atoms with Gasteiger partial charge in [-0.25, -0.2) is 0 Å². The van der Waals surface area contributed by atoms with Crippen molar-refractivity contribution in [2.75, 3.05) is 10.6 Å². The number of alkyl halides is 3. The van der Waals surface area contributed by atoms with Crippen LogP contribution in [-0.4, -0.2) is 41.2 Å². The van der Waals surface area contributed by atoms with E-state index < -0.39 is 34.7 Å². The van der Waals surface area contributed by atoms with Crippen LogP contribution in [0.3, 0.4) is 0 Å². The Morgan fingerprint density at radius 2 is 1.74 bits per heavy atom. The van der Waals surface area contributed by atoms with Gasteiger partial charge in [-0.2, -0.15) is 28.5 Å². The number of carbonyl (C=O) groups excluding carboxylic acids is 2. The van der Waals surface area contributed by atoms with E-state index in [2.05, 4.69) is 25.9 Å². The number of hydrogen-bond donors (Lipinski definition) is 2. The second kappa shape index (κ2) is 8.46. The molecule has 1 aliphatic rings. The average molecular weight is 499 g/mol. The van der Waals surface area contributed by atoms with E-state index in [1.54, 1.807) is 18.7 Å². The minimum absolute atomic E-state index is 0.0562. The molecule has 0 aromatic carbocycles. The van der Waals surface area contributed by atoms with Crippen molar-refractivity contribution in [3.8, 4) is 0 Å². The summed E-state index contributed by atoms with van der Waals surface area (Å²) >= 11 is 6.01. The summed E-state index contributed by atoms with van der Waals surface area (Å²) in [5, 5.41) is 16.5. The maximum Gasteiger partial charge on any atom is 0.436 e. The molecule has 3 aromatic heterocycles. The first-order valence-corrected chi connectivity index (χ1v) is 10.8. The van der Waals surface area contributed by atoms with Crippen LogP contribution in [0.1, 0.15) is 59.3 Å². The minimum Gasteiger partial charge on any atom is -0.321 e. The van der Waals surface area contributed by atoms with Crippen LogP contribution in [0.2, 0.25) is 5.02 Å². The molecule has 3 heterocycles.